The molecule has 164 valence electrons. The van der Waals surface area contributed by atoms with Gasteiger partial charge in [0.05, 0.1) is 11.0 Å². The zero-order valence-corrected chi connectivity index (χ0v) is 19.1. The first-order valence-corrected chi connectivity index (χ1v) is 11.9. The van der Waals surface area contributed by atoms with E-state index in [1.165, 1.54) is 27.1 Å². The van der Waals surface area contributed by atoms with Crippen molar-refractivity contribution in [1.82, 2.24) is 9.55 Å². The zero-order valence-electron chi connectivity index (χ0n) is 19.1. The summed E-state index contributed by atoms with van der Waals surface area (Å²) >= 11 is 0. The molecule has 0 spiro atoms. The van der Waals surface area contributed by atoms with Crippen LogP contribution in [0.3, 0.4) is 0 Å². The molecule has 0 N–H and O–H groups in total. The second-order valence-electron chi connectivity index (χ2n) is 8.91. The minimum absolute atomic E-state index is 0.950. The molecule has 7 aromatic rings. The minimum atomic E-state index is 0.950. The molecule has 0 radical (unpaired) electrons. The van der Waals surface area contributed by atoms with Gasteiger partial charge in [-0.15, -0.1) is 0 Å². The van der Waals surface area contributed by atoms with E-state index in [4.69, 9.17) is 4.98 Å². The monoisotopic (exact) mass is 446 g/mol. The van der Waals surface area contributed by atoms with Crippen LogP contribution in [0.1, 0.15) is 0 Å². The van der Waals surface area contributed by atoms with Crippen LogP contribution in [0.25, 0.3) is 60.8 Å². The van der Waals surface area contributed by atoms with Crippen LogP contribution in [0.15, 0.2) is 133 Å². The van der Waals surface area contributed by atoms with Crippen molar-refractivity contribution in [1.29, 1.82) is 0 Å². The van der Waals surface area contributed by atoms with Crippen LogP contribution < -0.4 is 0 Å². The Morgan fingerprint density at radius 2 is 1.11 bits per heavy atom. The molecule has 6 aromatic carbocycles. The van der Waals surface area contributed by atoms with Gasteiger partial charge in [-0.05, 0) is 63.5 Å². The zero-order chi connectivity index (χ0) is 23.2. The first-order chi connectivity index (χ1) is 17.3. The van der Waals surface area contributed by atoms with Gasteiger partial charge in [-0.3, -0.25) is 4.57 Å². The van der Waals surface area contributed by atoms with Crippen molar-refractivity contribution in [2.45, 2.75) is 0 Å². The predicted octanol–water partition coefficient (Wildman–Crippen LogP) is 8.67. The highest BCUT2D eigenvalue weighted by atomic mass is 15.1. The van der Waals surface area contributed by atoms with E-state index in [1.807, 2.05) is 6.07 Å². The Bertz CT molecular complexity index is 1830. The average Bonchev–Trinajstić information content (AvgIpc) is 3.32. The first-order valence-electron chi connectivity index (χ1n) is 11.9. The van der Waals surface area contributed by atoms with E-state index in [1.54, 1.807) is 0 Å². The molecule has 0 atom stereocenters. The number of imidazole rings is 1. The number of benzene rings is 6. The molecule has 0 bridgehead atoms. The van der Waals surface area contributed by atoms with Crippen molar-refractivity contribution in [3.8, 4) is 28.2 Å². The normalized spacial score (nSPS) is 11.4. The molecule has 2 nitrogen and oxygen atoms in total. The van der Waals surface area contributed by atoms with Crippen LogP contribution in [0.2, 0.25) is 0 Å². The average molecular weight is 447 g/mol. The van der Waals surface area contributed by atoms with Crippen molar-refractivity contribution in [3.63, 3.8) is 0 Å². The Morgan fingerprint density at radius 1 is 0.457 bits per heavy atom. The summed E-state index contributed by atoms with van der Waals surface area (Å²) < 4.78 is 2.27. The fourth-order valence-electron chi connectivity index (χ4n) is 5.06. The van der Waals surface area contributed by atoms with Gasteiger partial charge < -0.3 is 0 Å². The Hall–Kier alpha value is -4.69. The third-order valence-corrected chi connectivity index (χ3v) is 6.75. The van der Waals surface area contributed by atoms with Crippen LogP contribution >= 0.6 is 0 Å². The molecule has 0 amide bonds. The van der Waals surface area contributed by atoms with Gasteiger partial charge in [0.2, 0.25) is 0 Å². The van der Waals surface area contributed by atoms with Gasteiger partial charge in [-0.2, -0.15) is 0 Å². The maximum Gasteiger partial charge on any atom is 0.145 e. The third kappa shape index (κ3) is 3.31. The topological polar surface area (TPSA) is 17.8 Å². The molecule has 0 saturated heterocycles. The van der Waals surface area contributed by atoms with E-state index in [-0.39, 0.29) is 0 Å². The van der Waals surface area contributed by atoms with Gasteiger partial charge >= 0.3 is 0 Å². The number of rotatable bonds is 3. The van der Waals surface area contributed by atoms with Gasteiger partial charge in [0, 0.05) is 16.8 Å². The molecule has 0 aliphatic heterocycles. The molecule has 7 rings (SSSR count). The van der Waals surface area contributed by atoms with Crippen molar-refractivity contribution < 1.29 is 0 Å². The van der Waals surface area contributed by atoms with E-state index in [2.05, 4.69) is 132 Å². The van der Waals surface area contributed by atoms with Crippen LogP contribution in [0.5, 0.6) is 0 Å². The van der Waals surface area contributed by atoms with Crippen molar-refractivity contribution >= 4 is 32.6 Å². The van der Waals surface area contributed by atoms with Gasteiger partial charge in [0.1, 0.15) is 5.82 Å². The summed E-state index contributed by atoms with van der Waals surface area (Å²) in [7, 11) is 0. The molecular formula is C33H22N2. The summed E-state index contributed by atoms with van der Waals surface area (Å²) in [5, 5.41) is 5.02. The summed E-state index contributed by atoms with van der Waals surface area (Å²) in [6.45, 7) is 0. The summed E-state index contributed by atoms with van der Waals surface area (Å²) in [6, 6.07) is 47.2. The quantitative estimate of drug-likeness (QED) is 0.248. The summed E-state index contributed by atoms with van der Waals surface area (Å²) in [4.78, 5) is 5.23. The predicted molar refractivity (Wildman–Crippen MR) is 147 cm³/mol. The second kappa shape index (κ2) is 7.96. The van der Waals surface area contributed by atoms with E-state index < -0.39 is 0 Å². The Kier molecular flexibility index (Phi) is 4.49. The molecule has 1 heterocycles. The summed E-state index contributed by atoms with van der Waals surface area (Å²) in [5.74, 6) is 0.950. The lowest BCUT2D eigenvalue weighted by molar-refractivity contribution is 1.10. The third-order valence-electron chi connectivity index (χ3n) is 6.75. The van der Waals surface area contributed by atoms with Crippen LogP contribution in [0, 0.1) is 0 Å². The molecule has 0 saturated carbocycles. The number of fused-ring (bicyclic) bond motifs is 3. The molecule has 35 heavy (non-hydrogen) atoms. The lowest BCUT2D eigenvalue weighted by Crippen LogP contribution is -1.97. The fourth-order valence-corrected chi connectivity index (χ4v) is 5.06. The van der Waals surface area contributed by atoms with Crippen LogP contribution in [-0.4, -0.2) is 9.55 Å². The minimum Gasteiger partial charge on any atom is -0.292 e. The molecule has 0 unspecified atom stereocenters. The maximum atomic E-state index is 5.23. The van der Waals surface area contributed by atoms with Gasteiger partial charge in [-0.1, -0.05) is 97.1 Å². The van der Waals surface area contributed by atoms with Crippen molar-refractivity contribution in [2.75, 3.05) is 0 Å². The first kappa shape index (κ1) is 19.7. The lowest BCUT2D eigenvalue weighted by Gasteiger charge is -2.10. The van der Waals surface area contributed by atoms with E-state index in [9.17, 15) is 0 Å². The van der Waals surface area contributed by atoms with Gasteiger partial charge in [0.25, 0.3) is 0 Å². The van der Waals surface area contributed by atoms with E-state index in [0.29, 0.717) is 0 Å². The van der Waals surface area contributed by atoms with Crippen molar-refractivity contribution in [3.05, 3.63) is 133 Å². The van der Waals surface area contributed by atoms with E-state index in [0.717, 1.165) is 33.7 Å². The Balaban J connectivity index is 1.49. The Morgan fingerprint density at radius 3 is 1.89 bits per heavy atom. The molecule has 0 aliphatic rings. The molecule has 0 fully saturated rings. The van der Waals surface area contributed by atoms with Gasteiger partial charge in [-0.25, -0.2) is 4.98 Å². The highest BCUT2D eigenvalue weighted by Gasteiger charge is 2.17. The second-order valence-corrected chi connectivity index (χ2v) is 8.91. The highest BCUT2D eigenvalue weighted by Crippen LogP contribution is 2.35. The standard InChI is InChI=1S/C33H22N2/c1-3-10-23(11-4-1)33-34-32-30(16-9-17-31(32)35(33)29-14-5-2-6-15-29)27-19-18-26-20-24-12-7-8-13-25(24)21-28(26)22-27/h1-22H. The molecule has 0 aliphatic carbocycles. The molecule has 2 heteroatoms. The highest BCUT2D eigenvalue weighted by molar-refractivity contribution is 6.02. The van der Waals surface area contributed by atoms with E-state index >= 15 is 0 Å². The molecule has 1 aromatic heterocycles. The van der Waals surface area contributed by atoms with Gasteiger partial charge in [0.15, 0.2) is 0 Å². The SMILES string of the molecule is c1ccc(-c2nc3c(-c4ccc5cc6ccccc6cc5c4)cccc3n2-c2ccccc2)cc1. The smallest absolute Gasteiger partial charge is 0.145 e. The number of nitrogens with zero attached hydrogens (tertiary/aromatic N) is 2. The number of hydrogen-bond acceptors (Lipinski definition) is 1. The molecular weight excluding hydrogens is 424 g/mol. The largest absolute Gasteiger partial charge is 0.292 e. The van der Waals surface area contributed by atoms with Crippen molar-refractivity contribution in [2.24, 2.45) is 0 Å². The van der Waals surface area contributed by atoms with Crippen LogP contribution in [-0.2, 0) is 0 Å². The number of para-hydroxylation sites is 2. The maximum absolute atomic E-state index is 5.23. The number of hydrogen-bond donors (Lipinski definition) is 0. The Labute approximate surface area is 203 Å². The summed E-state index contributed by atoms with van der Waals surface area (Å²) in [6.07, 6.45) is 0. The van der Waals surface area contributed by atoms with Crippen LogP contribution in [0.4, 0.5) is 0 Å². The fraction of sp³-hybridized carbons (Fsp3) is 0. The lowest BCUT2D eigenvalue weighted by atomic mass is 9.98. The number of aromatic nitrogens is 2. The summed E-state index contributed by atoms with van der Waals surface area (Å²) in [5.41, 5.74) is 6.64.